The molecular formula is C20H29NO5. The lowest BCUT2D eigenvalue weighted by Crippen LogP contribution is -2.44. The van der Waals surface area contributed by atoms with Crippen molar-refractivity contribution in [2.75, 3.05) is 32.8 Å². The van der Waals surface area contributed by atoms with Gasteiger partial charge in [0.2, 0.25) is 0 Å². The molecule has 1 aliphatic heterocycles. The van der Waals surface area contributed by atoms with E-state index in [1.54, 1.807) is 24.3 Å². The molecular weight excluding hydrogens is 334 g/mol. The molecule has 1 fully saturated rings. The zero-order chi connectivity index (χ0) is 18.9. The fraction of sp³-hybridized carbons (Fsp3) is 0.600. The van der Waals surface area contributed by atoms with E-state index in [0.717, 1.165) is 19.4 Å². The van der Waals surface area contributed by atoms with Crippen LogP contribution in [0.5, 0.6) is 5.75 Å². The Labute approximate surface area is 155 Å². The molecule has 0 spiro atoms. The van der Waals surface area contributed by atoms with Crippen molar-refractivity contribution in [1.82, 2.24) is 4.90 Å². The molecule has 0 radical (unpaired) electrons. The fourth-order valence-electron chi connectivity index (χ4n) is 3.16. The van der Waals surface area contributed by atoms with Crippen LogP contribution in [0, 0.1) is 5.92 Å². The molecule has 1 aromatic rings. The van der Waals surface area contributed by atoms with Crippen molar-refractivity contribution < 1.29 is 24.2 Å². The Bertz CT molecular complexity index is 586. The molecule has 1 aliphatic rings. The second kappa shape index (κ2) is 10.3. The van der Waals surface area contributed by atoms with E-state index in [2.05, 4.69) is 4.90 Å². The van der Waals surface area contributed by atoms with Crippen molar-refractivity contribution in [2.24, 2.45) is 5.92 Å². The Hall–Kier alpha value is -1.92. The first kappa shape index (κ1) is 20.4. The third-order valence-electron chi connectivity index (χ3n) is 4.53. The lowest BCUT2D eigenvalue weighted by molar-refractivity contribution is -0.150. The number of carbonyl (C=O) groups excluding carboxylic acids is 2. The van der Waals surface area contributed by atoms with Gasteiger partial charge in [-0.1, -0.05) is 6.92 Å². The number of likely N-dealkylation sites (tertiary alicyclic amines) is 1. The molecule has 0 amide bonds. The summed E-state index contributed by atoms with van der Waals surface area (Å²) < 4.78 is 10.7. The molecule has 0 bridgehead atoms. The molecule has 1 heterocycles. The quantitative estimate of drug-likeness (QED) is 0.536. The Morgan fingerprint density at radius 1 is 1.27 bits per heavy atom. The predicted molar refractivity (Wildman–Crippen MR) is 98.4 cm³/mol. The Kier molecular flexibility index (Phi) is 8.06. The third-order valence-corrected chi connectivity index (χ3v) is 4.53. The molecule has 0 aliphatic carbocycles. The fourth-order valence-corrected chi connectivity index (χ4v) is 3.16. The van der Waals surface area contributed by atoms with E-state index < -0.39 is 6.10 Å². The molecule has 144 valence electrons. The Morgan fingerprint density at radius 3 is 2.65 bits per heavy atom. The first-order chi connectivity index (χ1) is 12.5. The van der Waals surface area contributed by atoms with Gasteiger partial charge in [-0.25, -0.2) is 0 Å². The second-order valence-electron chi connectivity index (χ2n) is 6.62. The molecule has 1 aromatic carbocycles. The average Bonchev–Trinajstić information content (AvgIpc) is 2.66. The van der Waals surface area contributed by atoms with Crippen LogP contribution in [0.3, 0.4) is 0 Å². The lowest BCUT2D eigenvalue weighted by Gasteiger charge is -2.32. The summed E-state index contributed by atoms with van der Waals surface area (Å²) in [7, 11) is 0. The van der Waals surface area contributed by atoms with Crippen LogP contribution in [-0.2, 0) is 9.53 Å². The van der Waals surface area contributed by atoms with Crippen LogP contribution >= 0.6 is 0 Å². The molecule has 0 aromatic heterocycles. The van der Waals surface area contributed by atoms with Crippen LogP contribution in [0.1, 0.15) is 43.5 Å². The van der Waals surface area contributed by atoms with Gasteiger partial charge < -0.3 is 14.6 Å². The number of hydrogen-bond donors (Lipinski definition) is 1. The first-order valence-corrected chi connectivity index (χ1v) is 9.36. The summed E-state index contributed by atoms with van der Waals surface area (Å²) in [4.78, 5) is 25.6. The standard InChI is InChI=1S/C20H29NO5/c1-3-19(23)15-7-9-18(10-8-15)26-14-17(22)13-21-11-5-6-16(12-21)20(24)25-4-2/h7-10,16-17,22H,3-6,11-14H2,1-2H3/t16-,17+/m1/s1. The second-order valence-corrected chi connectivity index (χ2v) is 6.62. The number of hydrogen-bond acceptors (Lipinski definition) is 6. The highest BCUT2D eigenvalue weighted by Gasteiger charge is 2.27. The number of rotatable bonds is 9. The highest BCUT2D eigenvalue weighted by molar-refractivity contribution is 5.95. The smallest absolute Gasteiger partial charge is 0.310 e. The maximum absolute atomic E-state index is 11.9. The molecule has 6 nitrogen and oxygen atoms in total. The van der Waals surface area contributed by atoms with Gasteiger partial charge in [0.25, 0.3) is 0 Å². The van der Waals surface area contributed by atoms with Crippen molar-refractivity contribution in [1.29, 1.82) is 0 Å². The zero-order valence-corrected chi connectivity index (χ0v) is 15.6. The zero-order valence-electron chi connectivity index (χ0n) is 15.6. The number of carbonyl (C=O) groups is 2. The number of aliphatic hydroxyl groups excluding tert-OH is 1. The van der Waals surface area contributed by atoms with Gasteiger partial charge in [0, 0.05) is 25.1 Å². The summed E-state index contributed by atoms with van der Waals surface area (Å²) >= 11 is 0. The number of nitrogens with zero attached hydrogens (tertiary/aromatic N) is 1. The summed E-state index contributed by atoms with van der Waals surface area (Å²) in [6.45, 7) is 6.14. The van der Waals surface area contributed by atoms with Gasteiger partial charge in [0.15, 0.2) is 5.78 Å². The van der Waals surface area contributed by atoms with E-state index in [-0.39, 0.29) is 24.3 Å². The molecule has 1 N–H and O–H groups in total. The number of benzene rings is 1. The van der Waals surface area contributed by atoms with Crippen molar-refractivity contribution >= 4 is 11.8 Å². The van der Waals surface area contributed by atoms with Gasteiger partial charge >= 0.3 is 5.97 Å². The van der Waals surface area contributed by atoms with Crippen molar-refractivity contribution in [3.05, 3.63) is 29.8 Å². The maximum Gasteiger partial charge on any atom is 0.310 e. The number of ether oxygens (including phenoxy) is 2. The number of piperidine rings is 1. The van der Waals surface area contributed by atoms with E-state index in [4.69, 9.17) is 9.47 Å². The largest absolute Gasteiger partial charge is 0.491 e. The SMILES string of the molecule is CCOC(=O)[C@@H]1CCCN(C[C@H](O)COc2ccc(C(=O)CC)cc2)C1. The van der Waals surface area contributed by atoms with Crippen LogP contribution in [0.4, 0.5) is 0 Å². The van der Waals surface area contributed by atoms with Crippen LogP contribution in [0.2, 0.25) is 0 Å². The monoisotopic (exact) mass is 363 g/mol. The molecule has 26 heavy (non-hydrogen) atoms. The Morgan fingerprint density at radius 2 is 2.00 bits per heavy atom. The lowest BCUT2D eigenvalue weighted by atomic mass is 9.98. The van der Waals surface area contributed by atoms with E-state index in [0.29, 0.717) is 37.4 Å². The number of esters is 1. The van der Waals surface area contributed by atoms with E-state index in [1.165, 1.54) is 0 Å². The van der Waals surface area contributed by atoms with E-state index in [9.17, 15) is 14.7 Å². The Balaban J connectivity index is 1.76. The highest BCUT2D eigenvalue weighted by Crippen LogP contribution is 2.18. The van der Waals surface area contributed by atoms with Gasteiger partial charge in [-0.3, -0.25) is 14.5 Å². The normalized spacial score (nSPS) is 19.0. The highest BCUT2D eigenvalue weighted by atomic mass is 16.5. The predicted octanol–water partition coefficient (Wildman–Crippen LogP) is 2.29. The summed E-state index contributed by atoms with van der Waals surface area (Å²) in [6, 6.07) is 6.96. The minimum atomic E-state index is -0.645. The minimum absolute atomic E-state index is 0.0952. The number of aliphatic hydroxyl groups is 1. The molecule has 2 atom stereocenters. The van der Waals surface area contributed by atoms with Gasteiger partial charge in [-0.05, 0) is 50.6 Å². The van der Waals surface area contributed by atoms with E-state index in [1.807, 2.05) is 13.8 Å². The third kappa shape index (κ3) is 6.11. The molecule has 0 saturated carbocycles. The average molecular weight is 363 g/mol. The van der Waals surface area contributed by atoms with Gasteiger partial charge in [-0.2, -0.15) is 0 Å². The number of ketones is 1. The van der Waals surface area contributed by atoms with Crippen molar-refractivity contribution in [3.63, 3.8) is 0 Å². The van der Waals surface area contributed by atoms with Crippen molar-refractivity contribution in [3.8, 4) is 5.75 Å². The summed E-state index contributed by atoms with van der Waals surface area (Å²) in [5.41, 5.74) is 0.665. The molecule has 6 heteroatoms. The number of Topliss-reactive ketones (excluding diaryl/α,β-unsaturated/α-hetero) is 1. The van der Waals surface area contributed by atoms with Crippen LogP contribution < -0.4 is 4.74 Å². The molecule has 0 unspecified atom stereocenters. The van der Waals surface area contributed by atoms with Crippen LogP contribution in [0.25, 0.3) is 0 Å². The molecule has 2 rings (SSSR count). The van der Waals surface area contributed by atoms with Gasteiger partial charge in [0.1, 0.15) is 18.5 Å². The first-order valence-electron chi connectivity index (χ1n) is 9.36. The van der Waals surface area contributed by atoms with Gasteiger partial charge in [0.05, 0.1) is 12.5 Å². The number of β-amino-alcohol motifs (C(OH)–C–C–N with tert-alkyl or cyclic N) is 1. The maximum atomic E-state index is 11.9. The summed E-state index contributed by atoms with van der Waals surface area (Å²) in [5.74, 6) is 0.461. The van der Waals surface area contributed by atoms with Gasteiger partial charge in [-0.15, -0.1) is 0 Å². The van der Waals surface area contributed by atoms with E-state index >= 15 is 0 Å². The minimum Gasteiger partial charge on any atom is -0.491 e. The topological polar surface area (TPSA) is 76.1 Å². The van der Waals surface area contributed by atoms with Crippen LogP contribution in [0.15, 0.2) is 24.3 Å². The van der Waals surface area contributed by atoms with Crippen LogP contribution in [-0.4, -0.2) is 60.7 Å². The molecule has 1 saturated heterocycles. The summed E-state index contributed by atoms with van der Waals surface area (Å²) in [6.07, 6.45) is 1.59. The van der Waals surface area contributed by atoms with Crippen molar-refractivity contribution in [2.45, 2.75) is 39.2 Å². The summed E-state index contributed by atoms with van der Waals surface area (Å²) in [5, 5.41) is 10.2.